The lowest BCUT2D eigenvalue weighted by Gasteiger charge is -2.17. The van der Waals surface area contributed by atoms with Crippen molar-refractivity contribution in [3.05, 3.63) is 62.5 Å². The van der Waals surface area contributed by atoms with Crippen LogP contribution in [-0.4, -0.2) is 17.6 Å². The van der Waals surface area contributed by atoms with Gasteiger partial charge in [0.05, 0.1) is 18.7 Å². The molecule has 0 saturated heterocycles. The number of benzene rings is 2. The van der Waals surface area contributed by atoms with E-state index in [1.54, 1.807) is 13.2 Å². The Balaban J connectivity index is 1.85. The average molecular weight is 419 g/mol. The largest absolute Gasteiger partial charge is 0.496 e. The van der Waals surface area contributed by atoms with Gasteiger partial charge < -0.3 is 14.5 Å². The third-order valence-corrected chi connectivity index (χ3v) is 5.16. The molecule has 1 amide bonds. The monoisotopic (exact) mass is 418 g/mol. The minimum absolute atomic E-state index is 0.122. The third kappa shape index (κ3) is 3.39. The number of nitrogens with zero attached hydrogens (tertiary/aromatic N) is 1. The Bertz CT molecular complexity index is 1020. The highest BCUT2D eigenvalue weighted by Crippen LogP contribution is 2.26. The highest BCUT2D eigenvalue weighted by atomic mass is 79.9. The second kappa shape index (κ2) is 7.37. The van der Waals surface area contributed by atoms with E-state index >= 15 is 0 Å². The van der Waals surface area contributed by atoms with E-state index in [0.29, 0.717) is 16.8 Å². The molecule has 0 aliphatic rings. The molecule has 26 heavy (non-hydrogen) atoms. The van der Waals surface area contributed by atoms with Crippen LogP contribution in [-0.2, 0) is 11.3 Å². The summed E-state index contributed by atoms with van der Waals surface area (Å²) in [5.41, 5.74) is 2.79. The van der Waals surface area contributed by atoms with Gasteiger partial charge in [-0.3, -0.25) is 9.36 Å². The minimum Gasteiger partial charge on any atom is -0.496 e. The summed E-state index contributed by atoms with van der Waals surface area (Å²) in [6.45, 7) is 3.61. The number of ether oxygens (including phenoxy) is 1. The van der Waals surface area contributed by atoms with Crippen LogP contribution in [0.3, 0.4) is 0 Å². The Hall–Kier alpha value is -2.54. The molecule has 1 atom stereocenters. The van der Waals surface area contributed by atoms with E-state index in [-0.39, 0.29) is 18.5 Å². The van der Waals surface area contributed by atoms with Crippen molar-refractivity contribution in [1.82, 2.24) is 9.88 Å². The lowest BCUT2D eigenvalue weighted by Crippen LogP contribution is -2.32. The van der Waals surface area contributed by atoms with Gasteiger partial charge in [0, 0.05) is 10.0 Å². The molecule has 7 heteroatoms. The summed E-state index contributed by atoms with van der Waals surface area (Å²) in [4.78, 5) is 24.7. The molecule has 0 fully saturated rings. The number of rotatable bonds is 5. The molecule has 0 bridgehead atoms. The van der Waals surface area contributed by atoms with Gasteiger partial charge in [0.2, 0.25) is 5.91 Å². The van der Waals surface area contributed by atoms with Crippen molar-refractivity contribution in [3.63, 3.8) is 0 Å². The van der Waals surface area contributed by atoms with Gasteiger partial charge in [0.25, 0.3) is 0 Å². The van der Waals surface area contributed by atoms with Crippen molar-refractivity contribution in [1.29, 1.82) is 0 Å². The predicted octanol–water partition coefficient (Wildman–Crippen LogP) is 3.55. The summed E-state index contributed by atoms with van der Waals surface area (Å²) in [5, 5.41) is 2.90. The van der Waals surface area contributed by atoms with Crippen molar-refractivity contribution in [2.75, 3.05) is 7.11 Å². The molecular formula is C19H19BrN2O4. The first-order valence-corrected chi connectivity index (χ1v) is 8.92. The fourth-order valence-electron chi connectivity index (χ4n) is 2.99. The number of hydrogen-bond donors (Lipinski definition) is 1. The molecule has 3 aromatic rings. The quantitative estimate of drug-likeness (QED) is 0.687. The molecule has 1 aromatic heterocycles. The van der Waals surface area contributed by atoms with Gasteiger partial charge in [-0.1, -0.05) is 34.1 Å². The van der Waals surface area contributed by atoms with Crippen molar-refractivity contribution < 1.29 is 13.9 Å². The third-order valence-electron chi connectivity index (χ3n) is 4.30. The molecule has 1 heterocycles. The highest BCUT2D eigenvalue weighted by Gasteiger charge is 2.18. The normalized spacial score (nSPS) is 12.2. The van der Waals surface area contributed by atoms with Crippen molar-refractivity contribution >= 4 is 32.9 Å². The molecule has 0 saturated carbocycles. The number of halogens is 1. The number of aryl methyl sites for hydroxylation is 1. The highest BCUT2D eigenvalue weighted by molar-refractivity contribution is 9.10. The number of oxazole rings is 1. The first kappa shape index (κ1) is 18.3. The van der Waals surface area contributed by atoms with Crippen LogP contribution < -0.4 is 15.8 Å². The minimum atomic E-state index is -0.554. The smallest absolute Gasteiger partial charge is 0.420 e. The van der Waals surface area contributed by atoms with E-state index in [1.165, 1.54) is 4.57 Å². The molecule has 0 aliphatic heterocycles. The summed E-state index contributed by atoms with van der Waals surface area (Å²) in [6, 6.07) is 10.7. The average Bonchev–Trinajstić information content (AvgIpc) is 2.94. The first-order valence-electron chi connectivity index (χ1n) is 8.13. The number of amides is 1. The zero-order chi connectivity index (χ0) is 18.8. The van der Waals surface area contributed by atoms with E-state index in [9.17, 15) is 9.59 Å². The van der Waals surface area contributed by atoms with E-state index in [4.69, 9.17) is 9.15 Å². The molecule has 6 nitrogen and oxygen atoms in total. The predicted molar refractivity (Wildman–Crippen MR) is 102 cm³/mol. The SMILES string of the molecule is COc1ccccc1[C@@H](C)NC(=O)Cn1c(=O)oc2ccc(Br)c(C)c21. The number of methoxy groups -OCH3 is 1. The first-order chi connectivity index (χ1) is 12.4. The number of fused-ring (bicyclic) bond motifs is 1. The summed E-state index contributed by atoms with van der Waals surface area (Å²) in [6.07, 6.45) is 0. The van der Waals surface area contributed by atoms with Crippen LogP contribution in [0.1, 0.15) is 24.1 Å². The summed E-state index contributed by atoms with van der Waals surface area (Å²) in [5.74, 6) is -0.139. The zero-order valence-corrected chi connectivity index (χ0v) is 16.3. The summed E-state index contributed by atoms with van der Waals surface area (Å²) in [7, 11) is 1.59. The number of carbonyl (C=O) groups excluding carboxylic acids is 1. The number of carbonyl (C=O) groups is 1. The Morgan fingerprint density at radius 1 is 1.31 bits per heavy atom. The molecule has 0 spiro atoms. The Morgan fingerprint density at radius 2 is 2.04 bits per heavy atom. The lowest BCUT2D eigenvalue weighted by molar-refractivity contribution is -0.122. The van der Waals surface area contributed by atoms with Gasteiger partial charge >= 0.3 is 5.76 Å². The standard InChI is InChI=1S/C19H19BrN2O4/c1-11-14(20)8-9-16-18(11)22(19(24)26-16)10-17(23)21-12(2)13-6-4-5-7-15(13)25-3/h4-9,12H,10H2,1-3H3,(H,21,23)/t12-/m1/s1. The van der Waals surface area contributed by atoms with Crippen molar-refractivity contribution in [3.8, 4) is 5.75 Å². The van der Waals surface area contributed by atoms with Gasteiger partial charge in [0.1, 0.15) is 12.3 Å². The van der Waals surface area contributed by atoms with Crippen LogP contribution in [0, 0.1) is 6.92 Å². The fourth-order valence-corrected chi connectivity index (χ4v) is 3.31. The Morgan fingerprint density at radius 3 is 2.77 bits per heavy atom. The zero-order valence-electron chi connectivity index (χ0n) is 14.7. The summed E-state index contributed by atoms with van der Waals surface area (Å²) >= 11 is 3.44. The molecule has 0 radical (unpaired) electrons. The molecule has 136 valence electrons. The molecule has 0 aliphatic carbocycles. The van der Waals surface area contributed by atoms with Gasteiger partial charge in [0.15, 0.2) is 5.58 Å². The number of para-hydroxylation sites is 1. The van der Waals surface area contributed by atoms with Crippen molar-refractivity contribution in [2.45, 2.75) is 26.4 Å². The molecular weight excluding hydrogens is 400 g/mol. The van der Waals surface area contributed by atoms with Gasteiger partial charge in [-0.15, -0.1) is 0 Å². The maximum Gasteiger partial charge on any atom is 0.420 e. The van der Waals surface area contributed by atoms with Crippen molar-refractivity contribution in [2.24, 2.45) is 0 Å². The second-order valence-electron chi connectivity index (χ2n) is 6.00. The number of nitrogens with one attached hydrogen (secondary N) is 1. The maximum atomic E-state index is 12.5. The number of hydrogen-bond acceptors (Lipinski definition) is 4. The van der Waals surface area contributed by atoms with Gasteiger partial charge in [-0.25, -0.2) is 4.79 Å². The summed E-state index contributed by atoms with van der Waals surface area (Å²) < 4.78 is 12.8. The molecule has 0 unspecified atom stereocenters. The Kier molecular flexibility index (Phi) is 5.18. The second-order valence-corrected chi connectivity index (χ2v) is 6.86. The number of aromatic nitrogens is 1. The van der Waals surface area contributed by atoms with E-state index < -0.39 is 5.76 Å². The fraction of sp³-hybridized carbons (Fsp3) is 0.263. The van der Waals surface area contributed by atoms with Crippen LogP contribution in [0.15, 0.2) is 50.1 Å². The molecule has 1 N–H and O–H groups in total. The van der Waals surface area contributed by atoms with Gasteiger partial charge in [-0.2, -0.15) is 0 Å². The van der Waals surface area contributed by atoms with Crippen LogP contribution in [0.2, 0.25) is 0 Å². The van der Waals surface area contributed by atoms with E-state index in [2.05, 4.69) is 21.2 Å². The van der Waals surface area contributed by atoms with Gasteiger partial charge in [-0.05, 0) is 37.6 Å². The van der Waals surface area contributed by atoms with Crippen LogP contribution in [0.5, 0.6) is 5.75 Å². The molecule has 2 aromatic carbocycles. The van der Waals surface area contributed by atoms with Crippen LogP contribution in [0.25, 0.3) is 11.1 Å². The Labute approximate surface area is 158 Å². The van der Waals surface area contributed by atoms with E-state index in [0.717, 1.165) is 15.6 Å². The van der Waals surface area contributed by atoms with E-state index in [1.807, 2.05) is 44.2 Å². The topological polar surface area (TPSA) is 73.5 Å². The lowest BCUT2D eigenvalue weighted by atomic mass is 10.1. The molecule has 3 rings (SSSR count). The van der Waals surface area contributed by atoms with Crippen LogP contribution in [0.4, 0.5) is 0 Å². The van der Waals surface area contributed by atoms with Crippen LogP contribution >= 0.6 is 15.9 Å². The maximum absolute atomic E-state index is 12.5.